The number of benzene rings is 1. The first kappa shape index (κ1) is 20.4. The minimum atomic E-state index is -0.0280. The highest BCUT2D eigenvalue weighted by atomic mass is 16.5. The fourth-order valence-corrected chi connectivity index (χ4v) is 2.78. The van der Waals surface area contributed by atoms with Crippen molar-refractivity contribution < 1.29 is 9.53 Å². The Labute approximate surface area is 170 Å². The molecule has 150 valence electrons. The Morgan fingerprint density at radius 1 is 1.10 bits per heavy atom. The molecule has 7 heteroatoms. The van der Waals surface area contributed by atoms with Gasteiger partial charge in [0, 0.05) is 57.7 Å². The van der Waals surface area contributed by atoms with Gasteiger partial charge in [-0.2, -0.15) is 0 Å². The van der Waals surface area contributed by atoms with Crippen LogP contribution in [-0.4, -0.2) is 48.7 Å². The lowest BCUT2D eigenvalue weighted by Gasteiger charge is -2.14. The smallest absolute Gasteiger partial charge is 0.225 e. The van der Waals surface area contributed by atoms with Gasteiger partial charge in [0.1, 0.15) is 0 Å². The summed E-state index contributed by atoms with van der Waals surface area (Å²) in [5.41, 5.74) is 4.49. The fourth-order valence-electron chi connectivity index (χ4n) is 2.78. The van der Waals surface area contributed by atoms with Crippen LogP contribution in [0.3, 0.4) is 0 Å². The number of hydrogen-bond acceptors (Lipinski definition) is 6. The molecule has 0 aliphatic rings. The Morgan fingerprint density at radius 3 is 2.55 bits per heavy atom. The van der Waals surface area contributed by atoms with Crippen LogP contribution in [0, 0.1) is 0 Å². The average Bonchev–Trinajstić information content (AvgIpc) is 2.76. The van der Waals surface area contributed by atoms with Crippen LogP contribution >= 0.6 is 0 Å². The monoisotopic (exact) mass is 391 g/mol. The lowest BCUT2D eigenvalue weighted by Crippen LogP contribution is -2.23. The molecule has 0 aliphatic carbocycles. The second kappa shape index (κ2) is 9.75. The maximum absolute atomic E-state index is 11.7. The first-order valence-electron chi connectivity index (χ1n) is 9.39. The van der Waals surface area contributed by atoms with Gasteiger partial charge < -0.3 is 15.0 Å². The first-order chi connectivity index (χ1) is 14.1. The fraction of sp³-hybridized carbons (Fsp3) is 0.273. The summed E-state index contributed by atoms with van der Waals surface area (Å²) in [7, 11) is 5.41. The predicted molar refractivity (Wildman–Crippen MR) is 113 cm³/mol. The summed E-state index contributed by atoms with van der Waals surface area (Å²) in [6.07, 6.45) is 3.93. The van der Waals surface area contributed by atoms with Crippen LogP contribution in [0.1, 0.15) is 12.0 Å². The number of nitrogens with one attached hydrogen (secondary N) is 1. The van der Waals surface area contributed by atoms with E-state index in [2.05, 4.69) is 15.3 Å². The molecule has 0 radical (unpaired) electrons. The largest absolute Gasteiger partial charge is 0.384 e. The third-order valence-corrected chi connectivity index (χ3v) is 4.37. The molecule has 2 aromatic heterocycles. The molecule has 0 spiro atoms. The summed E-state index contributed by atoms with van der Waals surface area (Å²) < 4.78 is 4.92. The molecular weight excluding hydrogens is 366 g/mol. The molecular formula is C22H25N5O2. The second-order valence-electron chi connectivity index (χ2n) is 6.76. The summed E-state index contributed by atoms with van der Waals surface area (Å²) in [5.74, 6) is 0.606. The van der Waals surface area contributed by atoms with E-state index in [0.717, 1.165) is 28.1 Å². The summed E-state index contributed by atoms with van der Waals surface area (Å²) in [5, 5.41) is 2.89. The van der Waals surface area contributed by atoms with E-state index in [1.165, 1.54) is 0 Å². The summed E-state index contributed by atoms with van der Waals surface area (Å²) in [6.45, 7) is 0.894. The van der Waals surface area contributed by atoms with Crippen molar-refractivity contribution in [2.45, 2.75) is 13.0 Å². The van der Waals surface area contributed by atoms with Crippen molar-refractivity contribution in [2.75, 3.05) is 32.7 Å². The molecule has 29 heavy (non-hydrogen) atoms. The molecule has 0 saturated carbocycles. The molecule has 0 saturated heterocycles. The summed E-state index contributed by atoms with van der Waals surface area (Å²) >= 11 is 0. The van der Waals surface area contributed by atoms with Gasteiger partial charge in [-0.05, 0) is 17.7 Å². The Morgan fingerprint density at radius 2 is 1.90 bits per heavy atom. The topological polar surface area (TPSA) is 80.2 Å². The lowest BCUT2D eigenvalue weighted by molar-refractivity contribution is -0.122. The molecule has 3 aromatic rings. The number of carbonyl (C=O) groups excluding carboxylic acids is 1. The van der Waals surface area contributed by atoms with E-state index >= 15 is 0 Å². The van der Waals surface area contributed by atoms with E-state index in [1.807, 2.05) is 67.7 Å². The second-order valence-corrected chi connectivity index (χ2v) is 6.76. The number of anilines is 1. The molecule has 7 nitrogen and oxygen atoms in total. The van der Waals surface area contributed by atoms with Crippen LogP contribution in [0.15, 0.2) is 54.9 Å². The number of carbonyl (C=O) groups is 1. The molecule has 0 fully saturated rings. The van der Waals surface area contributed by atoms with Gasteiger partial charge in [-0.1, -0.05) is 30.3 Å². The number of hydrogen-bond donors (Lipinski definition) is 1. The van der Waals surface area contributed by atoms with Crippen LogP contribution in [0.25, 0.3) is 22.5 Å². The maximum Gasteiger partial charge on any atom is 0.225 e. The van der Waals surface area contributed by atoms with Gasteiger partial charge >= 0.3 is 0 Å². The molecule has 0 aliphatic heterocycles. The highest BCUT2D eigenvalue weighted by molar-refractivity contribution is 5.79. The zero-order valence-corrected chi connectivity index (χ0v) is 16.9. The Balaban J connectivity index is 1.85. The van der Waals surface area contributed by atoms with Crippen LogP contribution in [0.4, 0.5) is 5.95 Å². The van der Waals surface area contributed by atoms with Gasteiger partial charge in [-0.25, -0.2) is 9.97 Å². The Kier molecular flexibility index (Phi) is 6.86. The van der Waals surface area contributed by atoms with Crippen molar-refractivity contribution in [1.29, 1.82) is 0 Å². The van der Waals surface area contributed by atoms with E-state index in [9.17, 15) is 4.79 Å². The van der Waals surface area contributed by atoms with Crippen molar-refractivity contribution >= 4 is 11.9 Å². The summed E-state index contributed by atoms with van der Waals surface area (Å²) in [6, 6.07) is 13.8. The van der Waals surface area contributed by atoms with E-state index in [4.69, 9.17) is 9.72 Å². The quantitative estimate of drug-likeness (QED) is 0.636. The number of pyridine rings is 1. The van der Waals surface area contributed by atoms with Crippen LogP contribution in [-0.2, 0) is 16.1 Å². The normalized spacial score (nSPS) is 10.6. The van der Waals surface area contributed by atoms with Crippen LogP contribution < -0.4 is 10.2 Å². The van der Waals surface area contributed by atoms with Crippen molar-refractivity contribution in [1.82, 2.24) is 20.3 Å². The Hall–Kier alpha value is -3.32. The molecule has 1 amide bonds. The van der Waals surface area contributed by atoms with E-state index in [1.54, 1.807) is 13.3 Å². The maximum atomic E-state index is 11.7. The third kappa shape index (κ3) is 5.36. The van der Waals surface area contributed by atoms with Gasteiger partial charge in [0.2, 0.25) is 11.9 Å². The van der Waals surface area contributed by atoms with Gasteiger partial charge in [0.05, 0.1) is 18.0 Å². The van der Waals surface area contributed by atoms with Crippen LogP contribution in [0.5, 0.6) is 0 Å². The minimum Gasteiger partial charge on any atom is -0.384 e. The molecule has 1 N–H and O–H groups in total. The first-order valence-corrected chi connectivity index (χ1v) is 9.39. The molecule has 0 unspecified atom stereocenters. The third-order valence-electron chi connectivity index (χ3n) is 4.37. The number of amides is 1. The number of nitrogens with zero attached hydrogens (tertiary/aromatic N) is 4. The van der Waals surface area contributed by atoms with Gasteiger partial charge in [-0.3, -0.25) is 9.78 Å². The number of ether oxygens (including phenoxy) is 1. The lowest BCUT2D eigenvalue weighted by atomic mass is 10.0. The van der Waals surface area contributed by atoms with Crippen molar-refractivity contribution in [3.8, 4) is 22.5 Å². The predicted octanol–water partition coefficient (Wildman–Crippen LogP) is 2.92. The molecule has 1 aromatic carbocycles. The number of rotatable bonds is 8. The number of aromatic nitrogens is 3. The van der Waals surface area contributed by atoms with Crippen LogP contribution in [0.2, 0.25) is 0 Å². The standard InChI is InChI=1S/C22H25N5O2/c1-27(2)22-25-15-18(19-6-4-5-12-23-19)21(26-22)17-9-7-16(8-10-17)14-24-20(28)11-13-29-3/h4-10,12,15H,11,13-14H2,1-3H3,(H,24,28). The minimum absolute atomic E-state index is 0.0280. The Bertz CT molecular complexity index is 943. The highest BCUT2D eigenvalue weighted by Crippen LogP contribution is 2.30. The number of methoxy groups -OCH3 is 1. The summed E-state index contributed by atoms with van der Waals surface area (Å²) in [4.78, 5) is 27.3. The zero-order valence-electron chi connectivity index (χ0n) is 16.9. The van der Waals surface area contributed by atoms with Gasteiger partial charge in [0.15, 0.2) is 0 Å². The molecule has 3 rings (SSSR count). The van der Waals surface area contributed by atoms with Crippen molar-refractivity contribution in [3.63, 3.8) is 0 Å². The van der Waals surface area contributed by atoms with E-state index in [-0.39, 0.29) is 5.91 Å². The van der Waals surface area contributed by atoms with Crippen molar-refractivity contribution in [2.24, 2.45) is 0 Å². The van der Waals surface area contributed by atoms with Gasteiger partial charge in [0.25, 0.3) is 0 Å². The average molecular weight is 391 g/mol. The molecule has 2 heterocycles. The SMILES string of the molecule is COCCC(=O)NCc1ccc(-c2nc(N(C)C)ncc2-c2ccccn2)cc1. The van der Waals surface area contributed by atoms with Gasteiger partial charge in [-0.15, -0.1) is 0 Å². The molecule has 0 bridgehead atoms. The van der Waals surface area contributed by atoms with E-state index < -0.39 is 0 Å². The highest BCUT2D eigenvalue weighted by Gasteiger charge is 2.13. The van der Waals surface area contributed by atoms with E-state index in [0.29, 0.717) is 25.5 Å². The molecule has 0 atom stereocenters. The zero-order chi connectivity index (χ0) is 20.6. The van der Waals surface area contributed by atoms with Crippen molar-refractivity contribution in [3.05, 3.63) is 60.4 Å².